The summed E-state index contributed by atoms with van der Waals surface area (Å²) in [4.78, 5) is 25.1. The third-order valence-electron chi connectivity index (χ3n) is 5.59. The van der Waals surface area contributed by atoms with Crippen molar-refractivity contribution in [1.29, 1.82) is 0 Å². The third-order valence-corrected chi connectivity index (χ3v) is 5.59. The maximum Gasteiger partial charge on any atom is 0.291 e. The van der Waals surface area contributed by atoms with Crippen LogP contribution in [-0.4, -0.2) is 24.1 Å². The van der Waals surface area contributed by atoms with Gasteiger partial charge in [-0.15, -0.1) is 0 Å². The second-order valence-electron chi connectivity index (χ2n) is 8.18. The van der Waals surface area contributed by atoms with E-state index in [2.05, 4.69) is 15.8 Å². The number of nitrogens with one attached hydrogen (secondary N) is 2. The van der Waals surface area contributed by atoms with Crippen molar-refractivity contribution < 1.29 is 18.7 Å². The van der Waals surface area contributed by atoms with Gasteiger partial charge < -0.3 is 14.5 Å². The number of para-hydroxylation sites is 1. The number of hydrogen-bond acceptors (Lipinski definition) is 5. The van der Waals surface area contributed by atoms with Gasteiger partial charge in [0.1, 0.15) is 11.5 Å². The molecule has 170 valence electrons. The Balaban J connectivity index is 1.47. The first-order chi connectivity index (χ1) is 15.9. The van der Waals surface area contributed by atoms with Crippen LogP contribution in [0.15, 0.2) is 58.0 Å². The van der Waals surface area contributed by atoms with Gasteiger partial charge in [0.15, 0.2) is 12.4 Å². The van der Waals surface area contributed by atoms with E-state index in [1.54, 1.807) is 12.1 Å². The third kappa shape index (κ3) is 5.14. The van der Waals surface area contributed by atoms with Crippen LogP contribution in [0.3, 0.4) is 0 Å². The molecule has 4 rings (SSSR count). The molecule has 1 aromatic heterocycles. The predicted octanol–water partition coefficient (Wildman–Crippen LogP) is 4.69. The molecule has 33 heavy (non-hydrogen) atoms. The minimum absolute atomic E-state index is 0.137. The lowest BCUT2D eigenvalue weighted by Crippen LogP contribution is -2.27. The Kier molecular flexibility index (Phi) is 6.58. The number of nitrogens with zero attached hydrogens (tertiary/aromatic N) is 1. The maximum absolute atomic E-state index is 13.0. The lowest BCUT2D eigenvalue weighted by atomic mass is 9.93. The number of ether oxygens (including phenoxy) is 1. The Labute approximate surface area is 192 Å². The Hall–Kier alpha value is -3.87. The van der Waals surface area contributed by atoms with Gasteiger partial charge >= 0.3 is 0 Å². The summed E-state index contributed by atoms with van der Waals surface area (Å²) in [5, 5.41) is 7.27. The molecule has 0 aliphatic heterocycles. The van der Waals surface area contributed by atoms with Crippen molar-refractivity contribution >= 4 is 23.2 Å². The molecule has 0 bridgehead atoms. The van der Waals surface area contributed by atoms with Crippen LogP contribution in [0, 0.1) is 20.8 Å². The number of hydrazone groups is 1. The molecule has 0 saturated carbocycles. The largest absolute Gasteiger partial charge is 0.484 e. The Morgan fingerprint density at radius 3 is 2.61 bits per heavy atom. The fourth-order valence-corrected chi connectivity index (χ4v) is 3.96. The molecule has 3 aromatic rings. The topological polar surface area (TPSA) is 92.9 Å². The van der Waals surface area contributed by atoms with Gasteiger partial charge in [-0.2, -0.15) is 5.10 Å². The van der Waals surface area contributed by atoms with E-state index in [1.165, 1.54) is 0 Å². The van der Waals surface area contributed by atoms with Crippen LogP contribution in [0.5, 0.6) is 5.75 Å². The van der Waals surface area contributed by atoms with Crippen LogP contribution in [0.4, 0.5) is 5.69 Å². The molecule has 0 unspecified atom stereocenters. The van der Waals surface area contributed by atoms with Gasteiger partial charge in [0.2, 0.25) is 0 Å². The molecule has 7 heteroatoms. The zero-order chi connectivity index (χ0) is 23.4. The van der Waals surface area contributed by atoms with Gasteiger partial charge in [0.05, 0.1) is 5.71 Å². The zero-order valence-corrected chi connectivity index (χ0v) is 19.0. The van der Waals surface area contributed by atoms with Crippen molar-refractivity contribution in [1.82, 2.24) is 5.43 Å². The number of amides is 2. The molecule has 2 N–H and O–H groups in total. The predicted molar refractivity (Wildman–Crippen MR) is 127 cm³/mol. The number of aryl methyl sites for hydroxylation is 3. The Morgan fingerprint density at radius 1 is 1.06 bits per heavy atom. The van der Waals surface area contributed by atoms with Crippen LogP contribution in [0.25, 0.3) is 0 Å². The molecule has 0 atom stereocenters. The summed E-state index contributed by atoms with van der Waals surface area (Å²) >= 11 is 0. The summed E-state index contributed by atoms with van der Waals surface area (Å²) in [5.74, 6) is 0.956. The Morgan fingerprint density at radius 2 is 1.85 bits per heavy atom. The van der Waals surface area contributed by atoms with E-state index in [-0.39, 0.29) is 24.2 Å². The van der Waals surface area contributed by atoms with Gasteiger partial charge in [0.25, 0.3) is 11.8 Å². The van der Waals surface area contributed by atoms with Crippen LogP contribution in [0.2, 0.25) is 0 Å². The van der Waals surface area contributed by atoms with E-state index in [9.17, 15) is 9.59 Å². The second kappa shape index (κ2) is 9.73. The molecule has 2 amide bonds. The van der Waals surface area contributed by atoms with E-state index < -0.39 is 0 Å². The first-order valence-corrected chi connectivity index (χ1v) is 11.0. The monoisotopic (exact) mass is 445 g/mol. The van der Waals surface area contributed by atoms with Crippen molar-refractivity contribution in [3.8, 4) is 5.75 Å². The van der Waals surface area contributed by atoms with Crippen LogP contribution in [0.1, 0.15) is 51.4 Å². The highest BCUT2D eigenvalue weighted by Gasteiger charge is 2.28. The molecule has 1 aliphatic carbocycles. The lowest BCUT2D eigenvalue weighted by Gasteiger charge is -2.13. The van der Waals surface area contributed by atoms with Crippen molar-refractivity contribution in [2.45, 2.75) is 40.0 Å². The molecule has 2 aromatic carbocycles. The summed E-state index contributed by atoms with van der Waals surface area (Å²) in [6.07, 6.45) is 2.23. The van der Waals surface area contributed by atoms with Gasteiger partial charge in [-0.3, -0.25) is 9.59 Å². The lowest BCUT2D eigenvalue weighted by molar-refractivity contribution is -0.123. The molecule has 0 spiro atoms. The van der Waals surface area contributed by atoms with E-state index in [4.69, 9.17) is 9.15 Å². The van der Waals surface area contributed by atoms with Gasteiger partial charge in [-0.25, -0.2) is 5.43 Å². The van der Waals surface area contributed by atoms with E-state index in [0.717, 1.165) is 46.5 Å². The van der Waals surface area contributed by atoms with Crippen molar-refractivity contribution in [2.75, 3.05) is 11.9 Å². The highest BCUT2D eigenvalue weighted by Crippen LogP contribution is 2.30. The summed E-state index contributed by atoms with van der Waals surface area (Å²) in [7, 11) is 0. The summed E-state index contributed by atoms with van der Waals surface area (Å²) in [6, 6.07) is 15.0. The van der Waals surface area contributed by atoms with Gasteiger partial charge in [0, 0.05) is 23.2 Å². The van der Waals surface area contributed by atoms with Crippen molar-refractivity contribution in [3.63, 3.8) is 0 Å². The number of carbonyl (C=O) groups excluding carboxylic acids is 2. The number of fused-ring (bicyclic) bond motifs is 1. The standard InChI is InChI=1S/C26H27N3O4/c1-16-12-13-20(17(2)14-16)27-26(31)25-18(3)24-21(10-7-11-22(24)33-25)28-29-23(30)15-32-19-8-5-4-6-9-19/h4-6,8-9,12-14H,7,10-11,15H2,1-3H3,(H,27,31)(H,29,30)/b28-21+. The average molecular weight is 446 g/mol. The van der Waals surface area contributed by atoms with Crippen LogP contribution < -0.4 is 15.5 Å². The Bertz CT molecular complexity index is 1210. The van der Waals surface area contributed by atoms with Crippen molar-refractivity contribution in [3.05, 3.63) is 82.3 Å². The summed E-state index contributed by atoms with van der Waals surface area (Å²) in [6.45, 7) is 5.68. The van der Waals surface area contributed by atoms with E-state index in [1.807, 2.05) is 57.2 Å². The zero-order valence-electron chi connectivity index (χ0n) is 19.0. The first-order valence-electron chi connectivity index (χ1n) is 11.0. The SMILES string of the molecule is Cc1ccc(NC(=O)c2oc3c(c2C)/C(=N/NC(=O)COc2ccccc2)CCC3)c(C)c1. The minimum atomic E-state index is -0.354. The number of anilines is 1. The highest BCUT2D eigenvalue weighted by molar-refractivity contribution is 6.09. The molecule has 0 radical (unpaired) electrons. The molecular formula is C26H27N3O4. The maximum atomic E-state index is 13.0. The first kappa shape index (κ1) is 22.3. The molecule has 1 heterocycles. The molecule has 0 saturated heterocycles. The van der Waals surface area contributed by atoms with Crippen LogP contribution in [-0.2, 0) is 11.2 Å². The number of hydrogen-bond donors (Lipinski definition) is 2. The van der Waals surface area contributed by atoms with Crippen molar-refractivity contribution in [2.24, 2.45) is 5.10 Å². The normalized spacial score (nSPS) is 14.0. The number of rotatable bonds is 6. The van der Waals surface area contributed by atoms with E-state index in [0.29, 0.717) is 17.9 Å². The molecule has 0 fully saturated rings. The van der Waals surface area contributed by atoms with Crippen LogP contribution >= 0.6 is 0 Å². The summed E-state index contributed by atoms with van der Waals surface area (Å²) < 4.78 is 11.4. The minimum Gasteiger partial charge on any atom is -0.484 e. The number of carbonyl (C=O) groups is 2. The van der Waals surface area contributed by atoms with Gasteiger partial charge in [-0.05, 0) is 57.4 Å². The highest BCUT2D eigenvalue weighted by atomic mass is 16.5. The smallest absolute Gasteiger partial charge is 0.291 e. The quantitative estimate of drug-likeness (QED) is 0.538. The molecule has 7 nitrogen and oxygen atoms in total. The average Bonchev–Trinajstić information content (AvgIpc) is 3.16. The number of furan rings is 1. The molecular weight excluding hydrogens is 418 g/mol. The fraction of sp³-hybridized carbons (Fsp3) is 0.269. The summed E-state index contributed by atoms with van der Waals surface area (Å²) in [5.41, 5.74) is 7.66. The number of benzene rings is 2. The fourth-order valence-electron chi connectivity index (χ4n) is 3.96. The second-order valence-corrected chi connectivity index (χ2v) is 8.18. The van der Waals surface area contributed by atoms with E-state index >= 15 is 0 Å². The van der Waals surface area contributed by atoms with Gasteiger partial charge in [-0.1, -0.05) is 35.9 Å². The molecule has 1 aliphatic rings.